The fourth-order valence-electron chi connectivity index (χ4n) is 2.14. The van der Waals surface area contributed by atoms with Gasteiger partial charge in [0.25, 0.3) is 0 Å². The predicted octanol–water partition coefficient (Wildman–Crippen LogP) is 6.55. The first-order valence-electron chi connectivity index (χ1n) is 6.34. The molecule has 0 bridgehead atoms. The molecule has 0 unspecified atom stereocenters. The van der Waals surface area contributed by atoms with Gasteiger partial charge >= 0.3 is 0 Å². The fraction of sp³-hybridized carbons (Fsp3) is 0. The van der Waals surface area contributed by atoms with Crippen LogP contribution >= 0.6 is 31.9 Å². The third-order valence-electron chi connectivity index (χ3n) is 3.24. The first-order valence-corrected chi connectivity index (χ1v) is 7.93. The van der Waals surface area contributed by atoms with Gasteiger partial charge in [0.2, 0.25) is 0 Å². The molecule has 0 aliphatic carbocycles. The lowest BCUT2D eigenvalue weighted by Crippen LogP contribution is -1.80. The molecule has 0 aliphatic heterocycles. The Morgan fingerprint density at radius 2 is 0.550 bits per heavy atom. The molecule has 98 valence electrons. The molecule has 3 aromatic carbocycles. The van der Waals surface area contributed by atoms with Gasteiger partial charge in [0, 0.05) is 8.95 Å². The van der Waals surface area contributed by atoms with Crippen LogP contribution in [0.5, 0.6) is 0 Å². The molecule has 0 N–H and O–H groups in total. The van der Waals surface area contributed by atoms with E-state index in [1.807, 2.05) is 0 Å². The van der Waals surface area contributed by atoms with Crippen LogP contribution in [0.2, 0.25) is 0 Å². The van der Waals surface area contributed by atoms with Gasteiger partial charge < -0.3 is 0 Å². The molecule has 0 aliphatic rings. The average molecular weight is 388 g/mol. The van der Waals surface area contributed by atoms with Crippen molar-refractivity contribution in [1.82, 2.24) is 0 Å². The molecular formula is C18H12Br2. The van der Waals surface area contributed by atoms with Crippen molar-refractivity contribution < 1.29 is 0 Å². The molecule has 0 radical (unpaired) electrons. The smallest absolute Gasteiger partial charge is 0.0175 e. The molecule has 3 rings (SSSR count). The molecule has 0 spiro atoms. The van der Waals surface area contributed by atoms with Crippen LogP contribution < -0.4 is 0 Å². The van der Waals surface area contributed by atoms with Crippen LogP contribution in [-0.2, 0) is 0 Å². The minimum Gasteiger partial charge on any atom is -0.0538 e. The summed E-state index contributed by atoms with van der Waals surface area (Å²) in [6, 6.07) is 25.4. The second-order valence-corrected chi connectivity index (χ2v) is 6.42. The first kappa shape index (κ1) is 13.6. The number of hydrogen-bond donors (Lipinski definition) is 0. The highest BCUT2D eigenvalue weighted by Gasteiger charge is 2.00. The lowest BCUT2D eigenvalue weighted by molar-refractivity contribution is 1.57. The topological polar surface area (TPSA) is 0 Å². The van der Waals surface area contributed by atoms with Crippen molar-refractivity contribution in [3.8, 4) is 22.3 Å². The van der Waals surface area contributed by atoms with Crippen molar-refractivity contribution in [3.05, 3.63) is 81.7 Å². The molecule has 0 amide bonds. The lowest BCUT2D eigenvalue weighted by atomic mass is 10.0. The zero-order chi connectivity index (χ0) is 13.9. The summed E-state index contributed by atoms with van der Waals surface area (Å²) in [5, 5.41) is 0. The fourth-order valence-corrected chi connectivity index (χ4v) is 2.67. The van der Waals surface area contributed by atoms with Crippen LogP contribution in [0.4, 0.5) is 0 Å². The van der Waals surface area contributed by atoms with Crippen molar-refractivity contribution in [3.63, 3.8) is 0 Å². The zero-order valence-corrected chi connectivity index (χ0v) is 13.9. The summed E-state index contributed by atoms with van der Waals surface area (Å²) in [5.74, 6) is 0. The summed E-state index contributed by atoms with van der Waals surface area (Å²) in [7, 11) is 0. The summed E-state index contributed by atoms with van der Waals surface area (Å²) < 4.78 is 2.21. The maximum absolute atomic E-state index is 3.46. The van der Waals surface area contributed by atoms with E-state index in [1.165, 1.54) is 22.3 Å². The first-order chi connectivity index (χ1) is 9.72. The molecule has 0 nitrogen and oxygen atoms in total. The molecule has 0 saturated heterocycles. The van der Waals surface area contributed by atoms with Crippen molar-refractivity contribution in [2.75, 3.05) is 0 Å². The van der Waals surface area contributed by atoms with E-state index < -0.39 is 0 Å². The molecule has 20 heavy (non-hydrogen) atoms. The van der Waals surface area contributed by atoms with Crippen molar-refractivity contribution >= 4 is 31.9 Å². The number of hydrogen-bond acceptors (Lipinski definition) is 0. The van der Waals surface area contributed by atoms with Crippen LogP contribution in [-0.4, -0.2) is 0 Å². The largest absolute Gasteiger partial charge is 0.0538 e. The van der Waals surface area contributed by atoms with E-state index in [4.69, 9.17) is 0 Å². The minimum absolute atomic E-state index is 1.10. The molecule has 0 aromatic heterocycles. The second kappa shape index (κ2) is 5.94. The van der Waals surface area contributed by atoms with E-state index in [-0.39, 0.29) is 0 Å². The highest BCUT2D eigenvalue weighted by Crippen LogP contribution is 2.26. The van der Waals surface area contributed by atoms with Crippen molar-refractivity contribution in [2.45, 2.75) is 0 Å². The average Bonchev–Trinajstić information content (AvgIpc) is 2.49. The Morgan fingerprint density at radius 3 is 0.800 bits per heavy atom. The summed E-state index contributed by atoms with van der Waals surface area (Å²) in [5.41, 5.74) is 4.93. The third kappa shape index (κ3) is 3.02. The Labute approximate surface area is 135 Å². The van der Waals surface area contributed by atoms with E-state index in [2.05, 4.69) is 105 Å². The second-order valence-electron chi connectivity index (χ2n) is 4.59. The van der Waals surface area contributed by atoms with Crippen LogP contribution in [0.3, 0.4) is 0 Å². The molecule has 0 fully saturated rings. The van der Waals surface area contributed by atoms with Gasteiger partial charge in [0.1, 0.15) is 0 Å². The molecule has 0 heterocycles. The molecule has 2 heteroatoms. The van der Waals surface area contributed by atoms with Gasteiger partial charge in [0.15, 0.2) is 0 Å². The Balaban J connectivity index is 1.91. The quantitative estimate of drug-likeness (QED) is 0.467. The van der Waals surface area contributed by atoms with Gasteiger partial charge in [-0.05, 0) is 46.5 Å². The molecular weight excluding hydrogens is 376 g/mol. The normalized spacial score (nSPS) is 10.5. The zero-order valence-electron chi connectivity index (χ0n) is 10.7. The molecule has 0 atom stereocenters. The summed E-state index contributed by atoms with van der Waals surface area (Å²) in [4.78, 5) is 0. The lowest BCUT2D eigenvalue weighted by Gasteiger charge is -2.05. The maximum Gasteiger partial charge on any atom is 0.0175 e. The maximum atomic E-state index is 3.46. The highest BCUT2D eigenvalue weighted by molar-refractivity contribution is 9.10. The Morgan fingerprint density at radius 1 is 0.350 bits per heavy atom. The molecule has 0 saturated carbocycles. The summed E-state index contributed by atoms with van der Waals surface area (Å²) >= 11 is 6.92. The Bertz CT molecular complexity index is 631. The van der Waals surface area contributed by atoms with E-state index in [9.17, 15) is 0 Å². The van der Waals surface area contributed by atoms with Crippen molar-refractivity contribution in [2.24, 2.45) is 0 Å². The van der Waals surface area contributed by atoms with Crippen molar-refractivity contribution in [1.29, 1.82) is 0 Å². The van der Waals surface area contributed by atoms with E-state index in [0.717, 1.165) is 8.95 Å². The highest BCUT2D eigenvalue weighted by atomic mass is 79.9. The number of halogens is 2. The van der Waals surface area contributed by atoms with Gasteiger partial charge in [-0.1, -0.05) is 80.4 Å². The van der Waals surface area contributed by atoms with Crippen LogP contribution in [0.25, 0.3) is 22.3 Å². The third-order valence-corrected chi connectivity index (χ3v) is 4.30. The summed E-state index contributed by atoms with van der Waals surface area (Å²) in [6.07, 6.45) is 0. The summed E-state index contributed by atoms with van der Waals surface area (Å²) in [6.45, 7) is 0. The van der Waals surface area contributed by atoms with Gasteiger partial charge in [-0.2, -0.15) is 0 Å². The molecule has 3 aromatic rings. The number of rotatable bonds is 2. The van der Waals surface area contributed by atoms with Gasteiger partial charge in [-0.25, -0.2) is 0 Å². The van der Waals surface area contributed by atoms with Crippen LogP contribution in [0, 0.1) is 0 Å². The SMILES string of the molecule is Brc1ccc(-c2ccc(-c3ccc(Br)cc3)cc2)cc1. The van der Waals surface area contributed by atoms with Gasteiger partial charge in [0.05, 0.1) is 0 Å². The van der Waals surface area contributed by atoms with Crippen LogP contribution in [0.15, 0.2) is 81.7 Å². The van der Waals surface area contributed by atoms with Crippen LogP contribution in [0.1, 0.15) is 0 Å². The van der Waals surface area contributed by atoms with E-state index >= 15 is 0 Å². The predicted molar refractivity (Wildman–Crippen MR) is 92.7 cm³/mol. The van der Waals surface area contributed by atoms with E-state index in [1.54, 1.807) is 0 Å². The number of benzene rings is 3. The Kier molecular flexibility index (Phi) is 4.04. The Hall–Kier alpha value is -1.38. The monoisotopic (exact) mass is 386 g/mol. The minimum atomic E-state index is 1.10. The van der Waals surface area contributed by atoms with E-state index in [0.29, 0.717) is 0 Å². The van der Waals surface area contributed by atoms with Gasteiger partial charge in [-0.3, -0.25) is 0 Å². The standard InChI is InChI=1S/C18H12Br2/c19-17-9-5-15(6-10-17)13-1-2-14(4-3-13)16-7-11-18(20)12-8-16/h1-12H. The van der Waals surface area contributed by atoms with Gasteiger partial charge in [-0.15, -0.1) is 0 Å².